The number of nitrogens with zero attached hydrogens (tertiary/aromatic N) is 1. The minimum atomic E-state index is -4.56. The number of pyridine rings is 1. The number of rotatable bonds is 2. The zero-order chi connectivity index (χ0) is 14.2. The molecule has 2 nitrogen and oxygen atoms in total. The predicted octanol–water partition coefficient (Wildman–Crippen LogP) is 4.01. The van der Waals surface area contributed by atoms with Gasteiger partial charge in [0.1, 0.15) is 0 Å². The summed E-state index contributed by atoms with van der Waals surface area (Å²) in [5, 5.41) is 0. The predicted molar refractivity (Wildman–Crippen MR) is 66.5 cm³/mol. The summed E-state index contributed by atoms with van der Waals surface area (Å²) >= 11 is 1.19. The van der Waals surface area contributed by atoms with Crippen LogP contribution in [0.5, 0.6) is 0 Å². The van der Waals surface area contributed by atoms with Crippen molar-refractivity contribution < 1.29 is 18.0 Å². The second-order valence-corrected chi connectivity index (χ2v) is 5.35. The molecule has 0 bridgehead atoms. The van der Waals surface area contributed by atoms with Crippen molar-refractivity contribution in [2.75, 3.05) is 0 Å². The SMILES string of the molecule is Cc1cc(C(=O)c2cnccc2C(F)(F)F)sc1C. The number of aryl methyl sites for hydroxylation is 2. The van der Waals surface area contributed by atoms with E-state index in [0.29, 0.717) is 4.88 Å². The van der Waals surface area contributed by atoms with Gasteiger partial charge in [-0.3, -0.25) is 9.78 Å². The van der Waals surface area contributed by atoms with Gasteiger partial charge in [-0.2, -0.15) is 13.2 Å². The van der Waals surface area contributed by atoms with Crippen LogP contribution in [0.15, 0.2) is 24.5 Å². The van der Waals surface area contributed by atoms with E-state index in [0.717, 1.165) is 28.9 Å². The number of aromatic nitrogens is 1. The van der Waals surface area contributed by atoms with Crippen LogP contribution >= 0.6 is 11.3 Å². The van der Waals surface area contributed by atoms with Crippen molar-refractivity contribution >= 4 is 17.1 Å². The van der Waals surface area contributed by atoms with E-state index < -0.39 is 23.1 Å². The highest BCUT2D eigenvalue weighted by Crippen LogP contribution is 2.33. The largest absolute Gasteiger partial charge is 0.417 e. The maximum Gasteiger partial charge on any atom is 0.417 e. The standard InChI is InChI=1S/C13H10F3NOS/c1-7-5-11(19-8(7)2)12(18)9-6-17-4-3-10(9)13(14,15)16/h3-6H,1-2H3. The Morgan fingerprint density at radius 3 is 2.53 bits per heavy atom. The molecule has 0 unspecified atom stereocenters. The third-order valence-corrected chi connectivity index (χ3v) is 3.91. The Balaban J connectivity index is 2.51. The average molecular weight is 285 g/mol. The molecule has 100 valence electrons. The molecule has 0 saturated heterocycles. The van der Waals surface area contributed by atoms with Crippen molar-refractivity contribution in [1.82, 2.24) is 4.98 Å². The topological polar surface area (TPSA) is 30.0 Å². The quantitative estimate of drug-likeness (QED) is 0.780. The Hall–Kier alpha value is -1.69. The molecule has 2 aromatic rings. The van der Waals surface area contributed by atoms with E-state index in [4.69, 9.17) is 0 Å². The molecule has 19 heavy (non-hydrogen) atoms. The van der Waals surface area contributed by atoms with Crippen molar-refractivity contribution in [2.24, 2.45) is 0 Å². The zero-order valence-electron chi connectivity index (χ0n) is 10.2. The van der Waals surface area contributed by atoms with Gasteiger partial charge in [-0.05, 0) is 31.5 Å². The summed E-state index contributed by atoms with van der Waals surface area (Å²) in [6, 6.07) is 2.43. The summed E-state index contributed by atoms with van der Waals surface area (Å²) in [4.78, 5) is 17.0. The first-order chi connectivity index (χ1) is 8.80. The van der Waals surface area contributed by atoms with Crippen LogP contribution in [0.4, 0.5) is 13.2 Å². The molecule has 2 aromatic heterocycles. The van der Waals surface area contributed by atoms with Gasteiger partial charge < -0.3 is 0 Å². The van der Waals surface area contributed by atoms with E-state index in [1.165, 1.54) is 11.3 Å². The van der Waals surface area contributed by atoms with Gasteiger partial charge in [0.05, 0.1) is 16.0 Å². The molecule has 0 aliphatic heterocycles. The van der Waals surface area contributed by atoms with E-state index in [1.807, 2.05) is 13.8 Å². The second-order valence-electron chi connectivity index (χ2n) is 4.10. The fraction of sp³-hybridized carbons (Fsp3) is 0.231. The van der Waals surface area contributed by atoms with Crippen LogP contribution in [0, 0.1) is 13.8 Å². The molecule has 0 radical (unpaired) electrons. The first kappa shape index (κ1) is 13.7. The van der Waals surface area contributed by atoms with E-state index in [9.17, 15) is 18.0 Å². The fourth-order valence-electron chi connectivity index (χ4n) is 1.64. The maximum absolute atomic E-state index is 12.8. The van der Waals surface area contributed by atoms with E-state index in [-0.39, 0.29) is 0 Å². The van der Waals surface area contributed by atoms with Crippen molar-refractivity contribution in [3.8, 4) is 0 Å². The van der Waals surface area contributed by atoms with Crippen LogP contribution < -0.4 is 0 Å². The highest BCUT2D eigenvalue weighted by molar-refractivity contribution is 7.14. The first-order valence-corrected chi connectivity index (χ1v) is 6.25. The lowest BCUT2D eigenvalue weighted by molar-refractivity contribution is -0.137. The monoisotopic (exact) mass is 285 g/mol. The number of hydrogen-bond donors (Lipinski definition) is 0. The number of alkyl halides is 3. The third kappa shape index (κ3) is 2.68. The molecule has 0 spiro atoms. The van der Waals surface area contributed by atoms with Crippen LogP contribution in [-0.2, 0) is 6.18 Å². The molecule has 0 N–H and O–H groups in total. The number of hydrogen-bond acceptors (Lipinski definition) is 3. The van der Waals surface area contributed by atoms with Gasteiger partial charge in [-0.25, -0.2) is 0 Å². The van der Waals surface area contributed by atoms with Crippen LogP contribution in [-0.4, -0.2) is 10.8 Å². The van der Waals surface area contributed by atoms with Gasteiger partial charge in [-0.15, -0.1) is 11.3 Å². The molecule has 0 aliphatic carbocycles. The lowest BCUT2D eigenvalue weighted by Gasteiger charge is -2.10. The molecule has 0 aliphatic rings. The van der Waals surface area contributed by atoms with Gasteiger partial charge in [0.15, 0.2) is 0 Å². The van der Waals surface area contributed by atoms with E-state index >= 15 is 0 Å². The number of carbonyl (C=O) groups excluding carboxylic acids is 1. The average Bonchev–Trinajstić information content (AvgIpc) is 2.68. The Bertz CT molecular complexity index is 612. The smallest absolute Gasteiger partial charge is 0.288 e. The van der Waals surface area contributed by atoms with Gasteiger partial charge >= 0.3 is 6.18 Å². The van der Waals surface area contributed by atoms with Crippen LogP contribution in [0.3, 0.4) is 0 Å². The summed E-state index contributed by atoms with van der Waals surface area (Å²) in [5.41, 5.74) is -0.460. The maximum atomic E-state index is 12.8. The summed E-state index contributed by atoms with van der Waals surface area (Å²) in [5.74, 6) is -0.637. The van der Waals surface area contributed by atoms with Crippen LogP contribution in [0.25, 0.3) is 0 Å². The Morgan fingerprint density at radius 1 is 1.32 bits per heavy atom. The molecule has 0 saturated carbocycles. The molecule has 2 rings (SSSR count). The van der Waals surface area contributed by atoms with Crippen molar-refractivity contribution in [2.45, 2.75) is 20.0 Å². The zero-order valence-corrected chi connectivity index (χ0v) is 11.0. The Kier molecular flexibility index (Phi) is 3.45. The molecule has 0 aromatic carbocycles. The summed E-state index contributed by atoms with van der Waals surface area (Å²) < 4.78 is 38.5. The van der Waals surface area contributed by atoms with Crippen LogP contribution in [0.2, 0.25) is 0 Å². The molecule has 6 heteroatoms. The van der Waals surface area contributed by atoms with Gasteiger partial charge in [-0.1, -0.05) is 0 Å². The van der Waals surface area contributed by atoms with Crippen LogP contribution in [0.1, 0.15) is 31.2 Å². The van der Waals surface area contributed by atoms with Gasteiger partial charge in [0, 0.05) is 17.3 Å². The van der Waals surface area contributed by atoms with Gasteiger partial charge in [0.25, 0.3) is 0 Å². The Labute approximate surface area is 111 Å². The molecule has 2 heterocycles. The number of carbonyl (C=O) groups is 1. The van der Waals surface area contributed by atoms with Crippen molar-refractivity contribution in [3.05, 3.63) is 51.0 Å². The van der Waals surface area contributed by atoms with Crippen molar-refractivity contribution in [1.29, 1.82) is 0 Å². The fourth-order valence-corrected chi connectivity index (χ4v) is 2.63. The van der Waals surface area contributed by atoms with Crippen molar-refractivity contribution in [3.63, 3.8) is 0 Å². The second kappa shape index (κ2) is 4.77. The third-order valence-electron chi connectivity index (χ3n) is 2.76. The van der Waals surface area contributed by atoms with Gasteiger partial charge in [0.2, 0.25) is 5.78 Å². The normalized spacial score (nSPS) is 11.6. The van der Waals surface area contributed by atoms with E-state index in [2.05, 4.69) is 4.98 Å². The number of halogens is 3. The molecule has 0 fully saturated rings. The minimum absolute atomic E-state index is 0.300. The summed E-state index contributed by atoms with van der Waals surface area (Å²) in [6.45, 7) is 3.64. The lowest BCUT2D eigenvalue weighted by atomic mass is 10.0. The highest BCUT2D eigenvalue weighted by Gasteiger charge is 2.35. The molecular weight excluding hydrogens is 275 g/mol. The first-order valence-electron chi connectivity index (χ1n) is 5.43. The molecular formula is C13H10F3NOS. The highest BCUT2D eigenvalue weighted by atomic mass is 32.1. The molecule has 0 atom stereocenters. The Morgan fingerprint density at radius 2 is 2.00 bits per heavy atom. The minimum Gasteiger partial charge on any atom is -0.288 e. The van der Waals surface area contributed by atoms with E-state index in [1.54, 1.807) is 6.07 Å². The molecule has 0 amide bonds. The summed E-state index contributed by atoms with van der Waals surface area (Å²) in [7, 11) is 0. The number of ketones is 1. The summed E-state index contributed by atoms with van der Waals surface area (Å²) in [6.07, 6.45) is -2.56. The number of thiophene rings is 1. The lowest BCUT2D eigenvalue weighted by Crippen LogP contribution is -2.13.